The number of ether oxygens (including phenoxy) is 2. The Balaban J connectivity index is 2.37. The van der Waals surface area contributed by atoms with Crippen molar-refractivity contribution in [2.75, 3.05) is 13.7 Å². The Bertz CT molecular complexity index is 407. The average molecular weight is 267 g/mol. The van der Waals surface area contributed by atoms with Crippen LogP contribution in [0, 0.1) is 0 Å². The van der Waals surface area contributed by atoms with E-state index in [1.807, 2.05) is 30.3 Å². The molecular weight excluding hydrogens is 250 g/mol. The number of aliphatic carboxylic acids is 1. The van der Waals surface area contributed by atoms with Crippen LogP contribution < -0.4 is 5.32 Å². The van der Waals surface area contributed by atoms with Crippen molar-refractivity contribution in [2.45, 2.75) is 19.1 Å². The molecule has 0 unspecified atom stereocenters. The lowest BCUT2D eigenvalue weighted by Crippen LogP contribution is -2.39. The van der Waals surface area contributed by atoms with Gasteiger partial charge in [-0.3, -0.25) is 4.79 Å². The fourth-order valence-electron chi connectivity index (χ4n) is 1.50. The molecule has 104 valence electrons. The first-order valence-electron chi connectivity index (χ1n) is 5.79. The minimum Gasteiger partial charge on any atom is -0.481 e. The van der Waals surface area contributed by atoms with E-state index in [2.05, 4.69) is 5.32 Å². The molecule has 1 atom stereocenters. The molecule has 1 aromatic carbocycles. The van der Waals surface area contributed by atoms with Crippen LogP contribution in [0.2, 0.25) is 0 Å². The van der Waals surface area contributed by atoms with Crippen LogP contribution in [0.25, 0.3) is 0 Å². The number of rotatable bonds is 7. The van der Waals surface area contributed by atoms with E-state index < -0.39 is 18.1 Å². The molecule has 0 fully saturated rings. The van der Waals surface area contributed by atoms with Crippen LogP contribution in [0.1, 0.15) is 12.0 Å². The van der Waals surface area contributed by atoms with Crippen LogP contribution in [0.4, 0.5) is 4.79 Å². The predicted octanol–water partition coefficient (Wildman–Crippen LogP) is 1.40. The van der Waals surface area contributed by atoms with E-state index in [-0.39, 0.29) is 19.6 Å². The summed E-state index contributed by atoms with van der Waals surface area (Å²) in [6.45, 7) is 0.256. The molecule has 0 aliphatic heterocycles. The number of methoxy groups -OCH3 is 1. The van der Waals surface area contributed by atoms with Crippen molar-refractivity contribution in [1.82, 2.24) is 5.32 Å². The Labute approximate surface area is 111 Å². The topological polar surface area (TPSA) is 84.9 Å². The van der Waals surface area contributed by atoms with E-state index in [9.17, 15) is 9.59 Å². The Hall–Kier alpha value is -2.08. The zero-order valence-corrected chi connectivity index (χ0v) is 10.7. The smallest absolute Gasteiger partial charge is 0.407 e. The van der Waals surface area contributed by atoms with Gasteiger partial charge in [-0.05, 0) is 5.56 Å². The number of nitrogens with one attached hydrogen (secondary N) is 1. The summed E-state index contributed by atoms with van der Waals surface area (Å²) in [7, 11) is 1.44. The van der Waals surface area contributed by atoms with Crippen molar-refractivity contribution >= 4 is 12.1 Å². The number of carboxylic acid groups (broad SMARTS) is 1. The van der Waals surface area contributed by atoms with Gasteiger partial charge >= 0.3 is 12.1 Å². The molecule has 1 rings (SSSR count). The maximum atomic E-state index is 11.5. The van der Waals surface area contributed by atoms with E-state index in [1.54, 1.807) is 0 Å². The van der Waals surface area contributed by atoms with Crippen molar-refractivity contribution in [3.8, 4) is 0 Å². The summed E-state index contributed by atoms with van der Waals surface area (Å²) < 4.78 is 9.82. The lowest BCUT2D eigenvalue weighted by Gasteiger charge is -2.15. The number of hydrogen-bond donors (Lipinski definition) is 2. The molecule has 6 heteroatoms. The highest BCUT2D eigenvalue weighted by atomic mass is 16.5. The van der Waals surface area contributed by atoms with Crippen molar-refractivity contribution in [2.24, 2.45) is 0 Å². The van der Waals surface area contributed by atoms with Crippen molar-refractivity contribution in [3.05, 3.63) is 35.9 Å². The minimum absolute atomic E-state index is 0.118. The van der Waals surface area contributed by atoms with E-state index in [0.717, 1.165) is 5.56 Å². The van der Waals surface area contributed by atoms with Crippen LogP contribution >= 0.6 is 0 Å². The molecule has 0 spiro atoms. The minimum atomic E-state index is -1.01. The number of carbonyl (C=O) groups is 2. The molecule has 1 amide bonds. The van der Waals surface area contributed by atoms with Crippen LogP contribution in [0.5, 0.6) is 0 Å². The Morgan fingerprint density at radius 1 is 1.32 bits per heavy atom. The first kappa shape index (κ1) is 15.0. The Morgan fingerprint density at radius 2 is 2.00 bits per heavy atom. The zero-order chi connectivity index (χ0) is 14.1. The summed E-state index contributed by atoms with van der Waals surface area (Å²) >= 11 is 0. The monoisotopic (exact) mass is 267 g/mol. The molecule has 6 nitrogen and oxygen atoms in total. The maximum absolute atomic E-state index is 11.5. The number of hydrogen-bond acceptors (Lipinski definition) is 4. The van der Waals surface area contributed by atoms with Gasteiger partial charge in [-0.1, -0.05) is 30.3 Å². The molecule has 0 heterocycles. The van der Waals surface area contributed by atoms with E-state index in [0.29, 0.717) is 0 Å². The molecule has 19 heavy (non-hydrogen) atoms. The van der Waals surface area contributed by atoms with E-state index in [1.165, 1.54) is 7.11 Å². The second kappa shape index (κ2) is 8.10. The summed E-state index contributed by atoms with van der Waals surface area (Å²) in [4.78, 5) is 22.1. The fraction of sp³-hybridized carbons (Fsp3) is 0.385. The van der Waals surface area contributed by atoms with Crippen LogP contribution in [0.15, 0.2) is 30.3 Å². The lowest BCUT2D eigenvalue weighted by atomic mass is 10.2. The zero-order valence-electron chi connectivity index (χ0n) is 10.7. The molecule has 0 aliphatic rings. The fourth-order valence-corrected chi connectivity index (χ4v) is 1.50. The highest BCUT2D eigenvalue weighted by Gasteiger charge is 2.16. The van der Waals surface area contributed by atoms with Gasteiger partial charge in [-0.15, -0.1) is 0 Å². The molecule has 0 saturated carbocycles. The third-order valence-electron chi connectivity index (χ3n) is 2.32. The van der Waals surface area contributed by atoms with E-state index >= 15 is 0 Å². The first-order valence-corrected chi connectivity index (χ1v) is 5.79. The van der Waals surface area contributed by atoms with Gasteiger partial charge in [0.2, 0.25) is 0 Å². The summed E-state index contributed by atoms with van der Waals surface area (Å²) in [6.07, 6.45) is -0.874. The predicted molar refractivity (Wildman–Crippen MR) is 67.7 cm³/mol. The standard InChI is InChI=1S/C13H17NO5/c1-18-9-11(7-12(15)16)14-13(17)19-8-10-5-3-2-4-6-10/h2-6,11H,7-9H2,1H3,(H,14,17)(H,15,16)/t11-/m0/s1. The molecule has 0 aliphatic carbocycles. The molecule has 2 N–H and O–H groups in total. The number of carbonyl (C=O) groups excluding carboxylic acids is 1. The Kier molecular flexibility index (Phi) is 6.38. The highest BCUT2D eigenvalue weighted by molar-refractivity contribution is 5.71. The van der Waals surface area contributed by atoms with Gasteiger partial charge in [0.05, 0.1) is 19.1 Å². The molecule has 0 aromatic heterocycles. The van der Waals surface area contributed by atoms with Crippen LogP contribution in [-0.4, -0.2) is 36.9 Å². The summed E-state index contributed by atoms with van der Waals surface area (Å²) in [5.41, 5.74) is 0.860. The third kappa shape index (κ3) is 6.42. The van der Waals surface area contributed by atoms with Gasteiger partial charge < -0.3 is 19.9 Å². The number of amides is 1. The van der Waals surface area contributed by atoms with Gasteiger partial charge in [0, 0.05) is 7.11 Å². The quantitative estimate of drug-likeness (QED) is 0.780. The number of alkyl carbamates (subject to hydrolysis) is 1. The van der Waals surface area contributed by atoms with Crippen molar-refractivity contribution < 1.29 is 24.2 Å². The first-order chi connectivity index (χ1) is 9.11. The maximum Gasteiger partial charge on any atom is 0.407 e. The van der Waals surface area contributed by atoms with Crippen LogP contribution in [0.3, 0.4) is 0 Å². The SMILES string of the molecule is COC[C@H](CC(=O)O)NC(=O)OCc1ccccc1. The van der Waals surface area contributed by atoms with Gasteiger partial charge in [0.1, 0.15) is 6.61 Å². The van der Waals surface area contributed by atoms with E-state index in [4.69, 9.17) is 14.6 Å². The molecular formula is C13H17NO5. The summed E-state index contributed by atoms with van der Waals surface area (Å²) in [5, 5.41) is 11.1. The normalized spacial score (nSPS) is 11.6. The summed E-state index contributed by atoms with van der Waals surface area (Å²) in [5.74, 6) is -1.01. The lowest BCUT2D eigenvalue weighted by molar-refractivity contribution is -0.137. The Morgan fingerprint density at radius 3 is 2.58 bits per heavy atom. The molecule has 0 saturated heterocycles. The second-order valence-corrected chi connectivity index (χ2v) is 3.96. The third-order valence-corrected chi connectivity index (χ3v) is 2.32. The van der Waals surface area contributed by atoms with Crippen LogP contribution in [-0.2, 0) is 20.9 Å². The number of carboxylic acids is 1. The summed E-state index contributed by atoms with van der Waals surface area (Å²) in [6, 6.07) is 8.61. The van der Waals surface area contributed by atoms with Gasteiger partial charge in [-0.2, -0.15) is 0 Å². The molecule has 0 bridgehead atoms. The molecule has 1 aromatic rings. The van der Waals surface area contributed by atoms with Crippen molar-refractivity contribution in [3.63, 3.8) is 0 Å². The highest BCUT2D eigenvalue weighted by Crippen LogP contribution is 2.01. The largest absolute Gasteiger partial charge is 0.481 e. The van der Waals surface area contributed by atoms with Gasteiger partial charge in [0.15, 0.2) is 0 Å². The number of benzene rings is 1. The van der Waals surface area contributed by atoms with Gasteiger partial charge in [-0.25, -0.2) is 4.79 Å². The molecule has 0 radical (unpaired) electrons. The second-order valence-electron chi connectivity index (χ2n) is 3.96. The van der Waals surface area contributed by atoms with Gasteiger partial charge in [0.25, 0.3) is 0 Å². The van der Waals surface area contributed by atoms with Crippen molar-refractivity contribution in [1.29, 1.82) is 0 Å². The average Bonchev–Trinajstić information content (AvgIpc) is 2.37.